The SMILES string of the molecule is CC[C@H]1CN(c2ncc(CNC(=S)NC3CC3)cc2Cl)CCN1C1CCN(Cc2ccc(Cl)cc2F)CC1. The number of hydrogen-bond acceptors (Lipinski definition) is 5. The number of aromatic nitrogens is 1. The first kappa shape index (κ1) is 27.8. The van der Waals surface area contributed by atoms with Crippen LogP contribution in [-0.4, -0.2) is 70.7 Å². The van der Waals surface area contributed by atoms with Crippen molar-refractivity contribution in [2.24, 2.45) is 0 Å². The zero-order valence-corrected chi connectivity index (χ0v) is 24.3. The minimum absolute atomic E-state index is 0.215. The van der Waals surface area contributed by atoms with Crippen LogP contribution in [0.5, 0.6) is 0 Å². The van der Waals surface area contributed by atoms with Crippen molar-refractivity contribution in [1.29, 1.82) is 0 Å². The highest BCUT2D eigenvalue weighted by atomic mass is 35.5. The number of piperazine rings is 1. The maximum atomic E-state index is 14.3. The number of nitrogens with one attached hydrogen (secondary N) is 2. The molecule has 10 heteroatoms. The predicted molar refractivity (Wildman–Crippen MR) is 158 cm³/mol. The quantitative estimate of drug-likeness (QED) is 0.416. The van der Waals surface area contributed by atoms with Crippen molar-refractivity contribution in [2.75, 3.05) is 37.6 Å². The molecule has 2 aromatic rings. The van der Waals surface area contributed by atoms with Crippen molar-refractivity contribution in [3.05, 3.63) is 57.5 Å². The Balaban J connectivity index is 1.12. The molecule has 5 rings (SSSR count). The summed E-state index contributed by atoms with van der Waals surface area (Å²) in [5.41, 5.74) is 1.74. The molecule has 3 heterocycles. The molecule has 6 nitrogen and oxygen atoms in total. The second kappa shape index (κ2) is 12.6. The molecule has 1 aliphatic carbocycles. The topological polar surface area (TPSA) is 46.7 Å². The highest BCUT2D eigenvalue weighted by molar-refractivity contribution is 7.80. The Bertz CT molecular complexity index is 1120. The van der Waals surface area contributed by atoms with Gasteiger partial charge in [0.25, 0.3) is 0 Å². The van der Waals surface area contributed by atoms with Gasteiger partial charge in [-0.1, -0.05) is 36.2 Å². The Morgan fingerprint density at radius 3 is 2.58 bits per heavy atom. The van der Waals surface area contributed by atoms with E-state index in [1.807, 2.05) is 12.3 Å². The molecule has 1 saturated carbocycles. The summed E-state index contributed by atoms with van der Waals surface area (Å²) >= 11 is 18.0. The largest absolute Gasteiger partial charge is 0.360 e. The van der Waals surface area contributed by atoms with Crippen LogP contribution in [0.1, 0.15) is 50.2 Å². The second-order valence-electron chi connectivity index (χ2n) is 10.7. The lowest BCUT2D eigenvalue weighted by Crippen LogP contribution is -2.58. The molecule has 2 N–H and O–H groups in total. The van der Waals surface area contributed by atoms with Gasteiger partial charge in [-0.25, -0.2) is 9.37 Å². The molecule has 206 valence electrons. The summed E-state index contributed by atoms with van der Waals surface area (Å²) in [6.07, 6.45) is 7.58. The summed E-state index contributed by atoms with van der Waals surface area (Å²) in [6.45, 7) is 8.30. The first-order valence-electron chi connectivity index (χ1n) is 13.8. The zero-order valence-electron chi connectivity index (χ0n) is 21.9. The fourth-order valence-electron chi connectivity index (χ4n) is 5.65. The maximum Gasteiger partial charge on any atom is 0.166 e. The fraction of sp³-hybridized carbons (Fsp3) is 0.571. The first-order chi connectivity index (χ1) is 18.4. The number of nitrogens with zero attached hydrogens (tertiary/aromatic N) is 4. The minimum Gasteiger partial charge on any atom is -0.360 e. The maximum absolute atomic E-state index is 14.3. The lowest BCUT2D eigenvalue weighted by atomic mass is 9.97. The van der Waals surface area contributed by atoms with Gasteiger partial charge >= 0.3 is 0 Å². The standard InChI is InChI=1S/C28H37Cl2FN6S/c1-2-23-18-36(27-25(30)13-19(15-32-27)16-33-28(38)34-22-5-6-22)11-12-37(23)24-7-9-35(10-8-24)17-20-3-4-21(29)14-26(20)31/h3-4,13-15,22-24H,2,5-12,16-18H2,1H3,(H2,33,34,38)/t23-/m0/s1. The number of hydrogen-bond donors (Lipinski definition) is 2. The molecule has 38 heavy (non-hydrogen) atoms. The minimum atomic E-state index is -0.215. The number of anilines is 1. The molecular weight excluding hydrogens is 542 g/mol. The van der Waals surface area contributed by atoms with Crippen LogP contribution in [0, 0.1) is 5.82 Å². The molecule has 1 aromatic carbocycles. The van der Waals surface area contributed by atoms with E-state index in [1.165, 1.54) is 18.9 Å². The first-order valence-corrected chi connectivity index (χ1v) is 14.9. The van der Waals surface area contributed by atoms with Gasteiger partial charge in [0.1, 0.15) is 11.6 Å². The third-order valence-corrected chi connectivity index (χ3v) is 8.75. The number of halogens is 3. The molecule has 3 fully saturated rings. The summed E-state index contributed by atoms with van der Waals surface area (Å²) in [6, 6.07) is 8.53. The van der Waals surface area contributed by atoms with Crippen LogP contribution in [0.25, 0.3) is 0 Å². The molecule has 0 radical (unpaired) electrons. The normalized spacial score (nSPS) is 21.5. The van der Waals surface area contributed by atoms with Crippen molar-refractivity contribution in [3.63, 3.8) is 0 Å². The second-order valence-corrected chi connectivity index (χ2v) is 12.0. The summed E-state index contributed by atoms with van der Waals surface area (Å²) < 4.78 is 14.3. The van der Waals surface area contributed by atoms with E-state index < -0.39 is 0 Å². The van der Waals surface area contributed by atoms with Crippen molar-refractivity contribution in [2.45, 2.75) is 70.2 Å². The Morgan fingerprint density at radius 1 is 1.11 bits per heavy atom. The summed E-state index contributed by atoms with van der Waals surface area (Å²) in [7, 11) is 0. The third kappa shape index (κ3) is 7.07. The van der Waals surface area contributed by atoms with Crippen LogP contribution in [0.4, 0.5) is 10.2 Å². The van der Waals surface area contributed by atoms with Crippen LogP contribution in [0.3, 0.4) is 0 Å². The summed E-state index contributed by atoms with van der Waals surface area (Å²) in [4.78, 5) is 12.1. The average molecular weight is 580 g/mol. The molecule has 0 unspecified atom stereocenters. The molecular formula is C28H37Cl2FN6S. The van der Waals surface area contributed by atoms with Crippen LogP contribution >= 0.6 is 35.4 Å². The van der Waals surface area contributed by atoms with Gasteiger partial charge in [0.05, 0.1) is 5.02 Å². The number of likely N-dealkylation sites (tertiary alicyclic amines) is 1. The van der Waals surface area contributed by atoms with Gasteiger partial charge in [-0.2, -0.15) is 0 Å². The Morgan fingerprint density at radius 2 is 1.89 bits per heavy atom. The molecule has 0 amide bonds. The number of pyridine rings is 1. The lowest BCUT2D eigenvalue weighted by Gasteiger charge is -2.47. The number of rotatable bonds is 8. The smallest absolute Gasteiger partial charge is 0.166 e. The van der Waals surface area contributed by atoms with E-state index in [2.05, 4.69) is 32.3 Å². The molecule has 2 saturated heterocycles. The number of thiocarbonyl (C=S) groups is 1. The molecule has 1 atom stereocenters. The average Bonchev–Trinajstić information content (AvgIpc) is 3.73. The van der Waals surface area contributed by atoms with Gasteiger partial charge in [0.2, 0.25) is 0 Å². The fourth-order valence-corrected chi connectivity index (χ4v) is 6.36. The van der Waals surface area contributed by atoms with Crippen molar-refractivity contribution >= 4 is 46.4 Å². The van der Waals surface area contributed by atoms with Gasteiger partial charge in [-0.05, 0) is 81.2 Å². The van der Waals surface area contributed by atoms with Crippen LogP contribution in [0.15, 0.2) is 30.5 Å². The van der Waals surface area contributed by atoms with Crippen LogP contribution in [0.2, 0.25) is 10.0 Å². The van der Waals surface area contributed by atoms with Gasteiger partial charge in [-0.15, -0.1) is 0 Å². The van der Waals surface area contributed by atoms with Crippen LogP contribution < -0.4 is 15.5 Å². The Hall–Kier alpha value is -1.71. The molecule has 3 aliphatic rings. The van der Waals surface area contributed by atoms with Crippen molar-refractivity contribution in [1.82, 2.24) is 25.4 Å². The highest BCUT2D eigenvalue weighted by Crippen LogP contribution is 2.30. The lowest BCUT2D eigenvalue weighted by molar-refractivity contribution is 0.0607. The summed E-state index contributed by atoms with van der Waals surface area (Å²) in [5, 5.41) is 8.37. The molecule has 0 spiro atoms. The van der Waals surface area contributed by atoms with Crippen LogP contribution in [-0.2, 0) is 13.1 Å². The predicted octanol–water partition coefficient (Wildman–Crippen LogP) is 5.22. The van der Waals surface area contributed by atoms with E-state index in [1.54, 1.807) is 12.1 Å². The summed E-state index contributed by atoms with van der Waals surface area (Å²) in [5.74, 6) is 0.652. The third-order valence-electron chi connectivity index (χ3n) is 7.98. The van der Waals surface area contributed by atoms with Crippen molar-refractivity contribution in [3.8, 4) is 0 Å². The Labute approximate surface area is 240 Å². The van der Waals surface area contributed by atoms with Gasteiger partial charge < -0.3 is 15.5 Å². The molecule has 1 aromatic heterocycles. The van der Waals surface area contributed by atoms with E-state index in [4.69, 9.17) is 40.4 Å². The van der Waals surface area contributed by atoms with Crippen molar-refractivity contribution < 1.29 is 4.39 Å². The number of piperidine rings is 1. The monoisotopic (exact) mass is 578 g/mol. The van der Waals surface area contributed by atoms with Gasteiger partial charge in [0, 0.05) is 67.6 Å². The molecule has 2 aliphatic heterocycles. The van der Waals surface area contributed by atoms with Gasteiger partial charge in [-0.3, -0.25) is 9.80 Å². The van der Waals surface area contributed by atoms with E-state index in [0.29, 0.717) is 46.4 Å². The van der Waals surface area contributed by atoms with Gasteiger partial charge in [0.15, 0.2) is 5.11 Å². The van der Waals surface area contributed by atoms with E-state index in [9.17, 15) is 4.39 Å². The Kier molecular flexibility index (Phi) is 9.26. The number of benzene rings is 1. The van der Waals surface area contributed by atoms with E-state index in [-0.39, 0.29) is 5.82 Å². The van der Waals surface area contributed by atoms with E-state index in [0.717, 1.165) is 68.9 Å². The molecule has 0 bridgehead atoms. The highest BCUT2D eigenvalue weighted by Gasteiger charge is 2.34. The zero-order chi connectivity index (χ0) is 26.6. The van der Waals surface area contributed by atoms with E-state index >= 15 is 0 Å².